The standard InChI is InChI=1S/C15H17NO3/c1-11-8-9-19-14(11)15(17)16-10-13(18-2)12-6-4-3-5-7-12/h3-9,13H,10H2,1-2H3,(H,16,17). The van der Waals surface area contributed by atoms with Crippen molar-refractivity contribution in [2.75, 3.05) is 13.7 Å². The van der Waals surface area contributed by atoms with Gasteiger partial charge in [-0.15, -0.1) is 0 Å². The van der Waals surface area contributed by atoms with E-state index in [2.05, 4.69) is 5.32 Å². The quantitative estimate of drug-likeness (QED) is 0.898. The number of aryl methyl sites for hydroxylation is 1. The van der Waals surface area contributed by atoms with Gasteiger partial charge in [0.2, 0.25) is 0 Å². The van der Waals surface area contributed by atoms with Crippen LogP contribution in [0.1, 0.15) is 27.8 Å². The summed E-state index contributed by atoms with van der Waals surface area (Å²) < 4.78 is 10.5. The van der Waals surface area contributed by atoms with E-state index in [0.717, 1.165) is 11.1 Å². The maximum absolute atomic E-state index is 11.9. The van der Waals surface area contributed by atoms with Gasteiger partial charge in [0.15, 0.2) is 5.76 Å². The summed E-state index contributed by atoms with van der Waals surface area (Å²) in [7, 11) is 1.63. The molecule has 0 aliphatic carbocycles. The highest BCUT2D eigenvalue weighted by Gasteiger charge is 2.15. The van der Waals surface area contributed by atoms with Crippen molar-refractivity contribution in [1.29, 1.82) is 0 Å². The van der Waals surface area contributed by atoms with Crippen molar-refractivity contribution < 1.29 is 13.9 Å². The summed E-state index contributed by atoms with van der Waals surface area (Å²) in [5.41, 5.74) is 1.85. The molecule has 2 aromatic rings. The van der Waals surface area contributed by atoms with Crippen LogP contribution in [0.5, 0.6) is 0 Å². The number of hydrogen-bond donors (Lipinski definition) is 1. The Balaban J connectivity index is 1.98. The fourth-order valence-electron chi connectivity index (χ4n) is 1.88. The number of carbonyl (C=O) groups is 1. The van der Waals surface area contributed by atoms with Crippen LogP contribution < -0.4 is 5.32 Å². The average Bonchev–Trinajstić information content (AvgIpc) is 2.87. The average molecular weight is 259 g/mol. The molecule has 4 heteroatoms. The van der Waals surface area contributed by atoms with Gasteiger partial charge in [-0.3, -0.25) is 4.79 Å². The maximum Gasteiger partial charge on any atom is 0.287 e. The first-order valence-corrected chi connectivity index (χ1v) is 6.12. The van der Waals surface area contributed by atoms with E-state index in [1.165, 1.54) is 6.26 Å². The maximum atomic E-state index is 11.9. The second-order valence-electron chi connectivity index (χ2n) is 4.28. The first-order chi connectivity index (χ1) is 9.22. The molecule has 1 aromatic heterocycles. The monoisotopic (exact) mass is 259 g/mol. The molecule has 1 atom stereocenters. The Morgan fingerprint density at radius 1 is 1.32 bits per heavy atom. The van der Waals surface area contributed by atoms with E-state index in [-0.39, 0.29) is 12.0 Å². The highest BCUT2D eigenvalue weighted by Crippen LogP contribution is 2.15. The fraction of sp³-hybridized carbons (Fsp3) is 0.267. The van der Waals surface area contributed by atoms with Crippen LogP contribution in [0.15, 0.2) is 47.1 Å². The van der Waals surface area contributed by atoms with Crippen molar-refractivity contribution in [3.8, 4) is 0 Å². The Labute approximate surface area is 112 Å². The van der Waals surface area contributed by atoms with Gasteiger partial charge in [-0.1, -0.05) is 30.3 Å². The zero-order chi connectivity index (χ0) is 13.7. The number of methoxy groups -OCH3 is 1. The summed E-state index contributed by atoms with van der Waals surface area (Å²) in [4.78, 5) is 11.9. The lowest BCUT2D eigenvalue weighted by atomic mass is 10.1. The number of hydrogen-bond acceptors (Lipinski definition) is 3. The third-order valence-electron chi connectivity index (χ3n) is 2.97. The molecular weight excluding hydrogens is 242 g/mol. The topological polar surface area (TPSA) is 51.5 Å². The minimum atomic E-state index is -0.222. The summed E-state index contributed by atoms with van der Waals surface area (Å²) in [5, 5.41) is 2.82. The highest BCUT2D eigenvalue weighted by atomic mass is 16.5. The zero-order valence-electron chi connectivity index (χ0n) is 11.1. The molecule has 0 aliphatic heterocycles. The van der Waals surface area contributed by atoms with Crippen LogP contribution in [0.4, 0.5) is 0 Å². The van der Waals surface area contributed by atoms with Gasteiger partial charge in [-0.25, -0.2) is 0 Å². The Morgan fingerprint density at radius 2 is 2.05 bits per heavy atom. The molecular formula is C15H17NO3. The molecule has 1 heterocycles. The molecule has 0 spiro atoms. The van der Waals surface area contributed by atoms with Gasteiger partial charge >= 0.3 is 0 Å². The van der Waals surface area contributed by atoms with E-state index in [1.807, 2.05) is 37.3 Å². The molecule has 0 bridgehead atoms. The summed E-state index contributed by atoms with van der Waals surface area (Å²) in [6, 6.07) is 11.5. The second-order valence-corrected chi connectivity index (χ2v) is 4.28. The Kier molecular flexibility index (Phi) is 4.36. The normalized spacial score (nSPS) is 12.1. The van der Waals surface area contributed by atoms with Crippen molar-refractivity contribution in [1.82, 2.24) is 5.32 Å². The first kappa shape index (κ1) is 13.4. The SMILES string of the molecule is COC(CNC(=O)c1occc1C)c1ccccc1. The lowest BCUT2D eigenvalue weighted by Crippen LogP contribution is -2.29. The molecule has 100 valence electrons. The molecule has 0 radical (unpaired) electrons. The smallest absolute Gasteiger partial charge is 0.287 e. The van der Waals surface area contributed by atoms with Crippen LogP contribution in [-0.4, -0.2) is 19.6 Å². The van der Waals surface area contributed by atoms with Gasteiger partial charge in [-0.2, -0.15) is 0 Å². The second kappa shape index (κ2) is 6.20. The van der Waals surface area contributed by atoms with Crippen LogP contribution in [0.25, 0.3) is 0 Å². The highest BCUT2D eigenvalue weighted by molar-refractivity contribution is 5.92. The van der Waals surface area contributed by atoms with E-state index in [1.54, 1.807) is 13.2 Å². The van der Waals surface area contributed by atoms with Crippen LogP contribution in [0.2, 0.25) is 0 Å². The predicted molar refractivity (Wildman–Crippen MR) is 72.0 cm³/mol. The van der Waals surface area contributed by atoms with Crippen molar-refractivity contribution in [3.05, 3.63) is 59.5 Å². The molecule has 0 fully saturated rings. The number of amides is 1. The molecule has 0 aliphatic rings. The van der Waals surface area contributed by atoms with E-state index in [4.69, 9.17) is 9.15 Å². The number of carbonyl (C=O) groups excluding carboxylic acids is 1. The summed E-state index contributed by atoms with van der Waals surface area (Å²) >= 11 is 0. The van der Waals surface area contributed by atoms with Crippen LogP contribution in [-0.2, 0) is 4.74 Å². The largest absolute Gasteiger partial charge is 0.459 e. The van der Waals surface area contributed by atoms with E-state index in [0.29, 0.717) is 12.3 Å². The van der Waals surface area contributed by atoms with Crippen LogP contribution >= 0.6 is 0 Å². The third-order valence-corrected chi connectivity index (χ3v) is 2.97. The molecule has 0 saturated carbocycles. The molecule has 4 nitrogen and oxygen atoms in total. The summed E-state index contributed by atoms with van der Waals surface area (Å²) in [6.07, 6.45) is 1.34. The third kappa shape index (κ3) is 3.23. The Hall–Kier alpha value is -2.07. The molecule has 2 rings (SSSR count). The van der Waals surface area contributed by atoms with Crippen molar-refractivity contribution in [3.63, 3.8) is 0 Å². The van der Waals surface area contributed by atoms with Crippen molar-refractivity contribution in [2.24, 2.45) is 0 Å². The van der Waals surface area contributed by atoms with Gasteiger partial charge in [0.1, 0.15) is 0 Å². The van der Waals surface area contributed by atoms with E-state index in [9.17, 15) is 4.79 Å². The predicted octanol–water partition coefficient (Wildman–Crippen LogP) is 2.71. The lowest BCUT2D eigenvalue weighted by Gasteiger charge is -2.16. The van der Waals surface area contributed by atoms with Crippen LogP contribution in [0, 0.1) is 6.92 Å². The minimum Gasteiger partial charge on any atom is -0.459 e. The van der Waals surface area contributed by atoms with E-state index >= 15 is 0 Å². The molecule has 1 unspecified atom stereocenters. The van der Waals surface area contributed by atoms with Crippen LogP contribution in [0.3, 0.4) is 0 Å². The summed E-state index contributed by atoms with van der Waals surface area (Å²) in [6.45, 7) is 2.24. The summed E-state index contributed by atoms with van der Waals surface area (Å²) in [5.74, 6) is 0.128. The number of nitrogens with one attached hydrogen (secondary N) is 1. The van der Waals surface area contributed by atoms with Gasteiger partial charge in [-0.05, 0) is 18.6 Å². The van der Waals surface area contributed by atoms with Crippen molar-refractivity contribution in [2.45, 2.75) is 13.0 Å². The molecule has 1 amide bonds. The minimum absolute atomic E-state index is 0.166. The molecule has 0 saturated heterocycles. The molecule has 1 aromatic carbocycles. The molecule has 1 N–H and O–H groups in total. The number of furan rings is 1. The van der Waals surface area contributed by atoms with E-state index < -0.39 is 0 Å². The first-order valence-electron chi connectivity index (χ1n) is 6.12. The number of rotatable bonds is 5. The van der Waals surface area contributed by atoms with Gasteiger partial charge < -0.3 is 14.5 Å². The number of benzene rings is 1. The number of ether oxygens (including phenoxy) is 1. The van der Waals surface area contributed by atoms with Gasteiger partial charge in [0.05, 0.1) is 12.4 Å². The molecule has 19 heavy (non-hydrogen) atoms. The lowest BCUT2D eigenvalue weighted by molar-refractivity contribution is 0.0806. The van der Waals surface area contributed by atoms with Gasteiger partial charge in [0, 0.05) is 19.2 Å². The van der Waals surface area contributed by atoms with Gasteiger partial charge in [0.25, 0.3) is 5.91 Å². The fourth-order valence-corrected chi connectivity index (χ4v) is 1.88. The Morgan fingerprint density at radius 3 is 2.63 bits per heavy atom. The van der Waals surface area contributed by atoms with Crippen molar-refractivity contribution >= 4 is 5.91 Å². The zero-order valence-corrected chi connectivity index (χ0v) is 11.1. The Bertz CT molecular complexity index is 533.